The van der Waals surface area contributed by atoms with Crippen molar-refractivity contribution < 1.29 is 29.0 Å². The molecule has 1 aliphatic carbocycles. The molecular formula is C32H34N2O6. The Kier molecular flexibility index (Phi) is 6.70. The number of rotatable bonds is 6. The van der Waals surface area contributed by atoms with Crippen molar-refractivity contribution in [3.8, 4) is 5.75 Å². The number of benzene rings is 3. The van der Waals surface area contributed by atoms with Crippen LogP contribution in [0.15, 0.2) is 72.8 Å². The van der Waals surface area contributed by atoms with Gasteiger partial charge in [-0.1, -0.05) is 80.6 Å². The van der Waals surface area contributed by atoms with Gasteiger partial charge in [-0.25, -0.2) is 4.79 Å². The second kappa shape index (κ2) is 9.78. The van der Waals surface area contributed by atoms with Crippen LogP contribution in [-0.2, 0) is 27.3 Å². The number of amides is 2. The number of nitrogens with one attached hydrogen (secondary N) is 2. The number of hydrogen-bond acceptors (Lipinski definition) is 6. The highest BCUT2D eigenvalue weighted by Crippen LogP contribution is 2.58. The van der Waals surface area contributed by atoms with E-state index in [4.69, 9.17) is 9.47 Å². The lowest BCUT2D eigenvalue weighted by Gasteiger charge is -2.35. The molecule has 0 fully saturated rings. The molecule has 0 aromatic heterocycles. The van der Waals surface area contributed by atoms with E-state index in [1.54, 1.807) is 57.2 Å². The number of hydrogen-bond donors (Lipinski definition) is 3. The first-order valence-electron chi connectivity index (χ1n) is 13.4. The Hall–Kier alpha value is -4.17. The average molecular weight is 543 g/mol. The molecule has 0 radical (unpaired) electrons. The molecule has 0 saturated carbocycles. The lowest BCUT2D eigenvalue weighted by atomic mass is 9.82. The van der Waals surface area contributed by atoms with Crippen LogP contribution in [0, 0.1) is 0 Å². The van der Waals surface area contributed by atoms with E-state index in [1.807, 2.05) is 50.2 Å². The van der Waals surface area contributed by atoms with Crippen LogP contribution >= 0.6 is 0 Å². The molecule has 40 heavy (non-hydrogen) atoms. The number of Topliss-reactive ketones (excluding diaryl/α,β-unsaturated/α-hetero) is 1. The van der Waals surface area contributed by atoms with Gasteiger partial charge < -0.3 is 25.2 Å². The summed E-state index contributed by atoms with van der Waals surface area (Å²) < 4.78 is 11.6. The Morgan fingerprint density at radius 2 is 1.65 bits per heavy atom. The molecule has 3 atom stereocenters. The van der Waals surface area contributed by atoms with Crippen LogP contribution < -0.4 is 15.4 Å². The lowest BCUT2D eigenvalue weighted by Crippen LogP contribution is -2.63. The highest BCUT2D eigenvalue weighted by Gasteiger charge is 2.71. The van der Waals surface area contributed by atoms with Crippen molar-refractivity contribution in [3.05, 3.63) is 101 Å². The summed E-state index contributed by atoms with van der Waals surface area (Å²) in [7, 11) is 0. The fourth-order valence-corrected chi connectivity index (χ4v) is 5.41. The van der Waals surface area contributed by atoms with E-state index in [1.165, 1.54) is 0 Å². The van der Waals surface area contributed by atoms with E-state index in [0.29, 0.717) is 11.3 Å². The van der Waals surface area contributed by atoms with Gasteiger partial charge >= 0.3 is 6.09 Å². The first kappa shape index (κ1) is 27.4. The fraction of sp³-hybridized carbons (Fsp3) is 0.344. The maximum atomic E-state index is 14.1. The quantitative estimate of drug-likeness (QED) is 0.416. The van der Waals surface area contributed by atoms with Crippen molar-refractivity contribution in [1.29, 1.82) is 0 Å². The van der Waals surface area contributed by atoms with Crippen molar-refractivity contribution in [1.82, 2.24) is 10.6 Å². The zero-order valence-corrected chi connectivity index (χ0v) is 23.3. The van der Waals surface area contributed by atoms with Crippen LogP contribution in [-0.4, -0.2) is 34.5 Å². The maximum Gasteiger partial charge on any atom is 0.408 e. The van der Waals surface area contributed by atoms with Crippen LogP contribution in [0.25, 0.3) is 0 Å². The van der Waals surface area contributed by atoms with E-state index < -0.39 is 40.8 Å². The van der Waals surface area contributed by atoms with Crippen LogP contribution in [0.3, 0.4) is 0 Å². The van der Waals surface area contributed by atoms with Crippen molar-refractivity contribution in [3.63, 3.8) is 0 Å². The molecule has 0 saturated heterocycles. The van der Waals surface area contributed by atoms with Crippen molar-refractivity contribution in [2.45, 2.75) is 69.9 Å². The molecule has 0 bridgehead atoms. The van der Waals surface area contributed by atoms with Crippen LogP contribution in [0.5, 0.6) is 5.75 Å². The number of carbonyl (C=O) groups excluding carboxylic acids is 3. The lowest BCUT2D eigenvalue weighted by molar-refractivity contribution is -0.175. The number of aliphatic hydroxyl groups is 1. The molecule has 3 aromatic rings. The number of ether oxygens (including phenoxy) is 2. The van der Waals surface area contributed by atoms with Gasteiger partial charge in [0.2, 0.25) is 17.2 Å². The fourth-order valence-electron chi connectivity index (χ4n) is 5.41. The number of alkyl carbamates (subject to hydrolysis) is 1. The molecule has 8 nitrogen and oxygen atoms in total. The van der Waals surface area contributed by atoms with Gasteiger partial charge in [0.05, 0.1) is 0 Å². The van der Waals surface area contributed by atoms with E-state index in [9.17, 15) is 19.5 Å². The molecule has 3 N–H and O–H groups in total. The minimum absolute atomic E-state index is 0.127. The summed E-state index contributed by atoms with van der Waals surface area (Å²) in [6, 6.07) is 20.1. The predicted octanol–water partition coefficient (Wildman–Crippen LogP) is 4.69. The van der Waals surface area contributed by atoms with Crippen molar-refractivity contribution in [2.75, 3.05) is 0 Å². The van der Waals surface area contributed by atoms with E-state index in [2.05, 4.69) is 10.6 Å². The molecular weight excluding hydrogens is 508 g/mol. The second-order valence-corrected chi connectivity index (χ2v) is 11.7. The summed E-state index contributed by atoms with van der Waals surface area (Å²) in [6.07, 6.45) is -0.649. The summed E-state index contributed by atoms with van der Waals surface area (Å²) >= 11 is 0. The van der Waals surface area contributed by atoms with Gasteiger partial charge in [0.1, 0.15) is 17.4 Å². The van der Waals surface area contributed by atoms with E-state index in [0.717, 1.165) is 11.1 Å². The largest absolute Gasteiger partial charge is 0.454 e. The van der Waals surface area contributed by atoms with Gasteiger partial charge in [-0.3, -0.25) is 9.59 Å². The minimum Gasteiger partial charge on any atom is -0.454 e. The predicted molar refractivity (Wildman–Crippen MR) is 149 cm³/mol. The summed E-state index contributed by atoms with van der Waals surface area (Å²) in [5.74, 6) is -2.86. The van der Waals surface area contributed by atoms with Crippen molar-refractivity contribution >= 4 is 17.8 Å². The Bertz CT molecular complexity index is 1480. The first-order chi connectivity index (χ1) is 18.9. The zero-order chi connectivity index (χ0) is 28.9. The zero-order valence-electron chi connectivity index (χ0n) is 23.3. The SMILES string of the molecule is CC(C)c1ccc2c(c1)OC1(O)c3ccccc3C(=O)C21NC(=O)[C@@H](Cc1ccccc1)NC(=O)OC(C)(C)C. The van der Waals surface area contributed by atoms with Crippen LogP contribution in [0.2, 0.25) is 0 Å². The molecule has 2 unspecified atom stereocenters. The smallest absolute Gasteiger partial charge is 0.408 e. The molecule has 1 aliphatic heterocycles. The third-order valence-electron chi connectivity index (χ3n) is 7.32. The average Bonchev–Trinajstić information content (AvgIpc) is 3.25. The highest BCUT2D eigenvalue weighted by molar-refractivity contribution is 6.12. The summed E-state index contributed by atoms with van der Waals surface area (Å²) in [6.45, 7) is 9.24. The molecule has 0 spiro atoms. The summed E-state index contributed by atoms with van der Waals surface area (Å²) in [5, 5.41) is 17.7. The Labute approximate surface area is 233 Å². The molecule has 2 aliphatic rings. The van der Waals surface area contributed by atoms with Gasteiger partial charge in [0, 0.05) is 23.1 Å². The van der Waals surface area contributed by atoms with Gasteiger partial charge in [0.15, 0.2) is 0 Å². The molecule has 1 heterocycles. The standard InChI is InChI=1S/C32H34N2O6/c1-19(2)21-15-16-24-26(18-21)39-32(38)23-14-10-9-13-22(23)27(35)31(24,32)34-28(36)25(17-20-11-7-6-8-12-20)33-29(37)40-30(3,4)5/h6-16,18-19,25,38H,17H2,1-5H3,(H,33,37)(H,34,36)/t25-,31?,32?/m1/s1. The molecule has 2 amide bonds. The maximum absolute atomic E-state index is 14.1. The summed E-state index contributed by atoms with van der Waals surface area (Å²) in [5.41, 5.74) is -0.124. The van der Waals surface area contributed by atoms with Gasteiger partial charge in [0.25, 0.3) is 5.79 Å². The highest BCUT2D eigenvalue weighted by atomic mass is 16.6. The van der Waals surface area contributed by atoms with Crippen LogP contribution in [0.4, 0.5) is 4.79 Å². The molecule has 5 rings (SSSR count). The molecule has 3 aromatic carbocycles. The van der Waals surface area contributed by atoms with Gasteiger partial charge in [-0.15, -0.1) is 0 Å². The number of carbonyl (C=O) groups is 3. The van der Waals surface area contributed by atoms with E-state index in [-0.39, 0.29) is 23.5 Å². The second-order valence-electron chi connectivity index (χ2n) is 11.7. The van der Waals surface area contributed by atoms with E-state index >= 15 is 0 Å². The van der Waals surface area contributed by atoms with Crippen molar-refractivity contribution in [2.24, 2.45) is 0 Å². The third-order valence-corrected chi connectivity index (χ3v) is 7.32. The number of ketones is 1. The monoisotopic (exact) mass is 542 g/mol. The normalized spacial score (nSPS) is 21.6. The summed E-state index contributed by atoms with van der Waals surface area (Å²) in [4.78, 5) is 41.0. The van der Waals surface area contributed by atoms with Crippen LogP contribution in [0.1, 0.15) is 73.1 Å². The topological polar surface area (TPSA) is 114 Å². The molecule has 8 heteroatoms. The minimum atomic E-state index is -2.18. The van der Waals surface area contributed by atoms with Gasteiger partial charge in [-0.05, 0) is 43.9 Å². The molecule has 208 valence electrons. The third kappa shape index (κ3) is 4.52. The Morgan fingerprint density at radius 1 is 0.975 bits per heavy atom. The Balaban J connectivity index is 1.58. The Morgan fingerprint density at radius 3 is 2.33 bits per heavy atom. The first-order valence-corrected chi connectivity index (χ1v) is 13.4. The number of fused-ring (bicyclic) bond motifs is 5. The van der Waals surface area contributed by atoms with Gasteiger partial charge in [-0.2, -0.15) is 0 Å².